The van der Waals surface area contributed by atoms with E-state index in [9.17, 15) is 4.79 Å². The standard InChI is InChI=1S/C10H20N2O/c1-4-9(2)12-7-5-6-11(3)10(13)8-12/h9H,4-8H2,1-3H3. The summed E-state index contributed by atoms with van der Waals surface area (Å²) in [5.74, 6) is 0.262. The van der Waals surface area contributed by atoms with Crippen LogP contribution in [0.15, 0.2) is 0 Å². The van der Waals surface area contributed by atoms with Crippen molar-refractivity contribution in [2.45, 2.75) is 32.7 Å². The summed E-state index contributed by atoms with van der Waals surface area (Å²) in [5.41, 5.74) is 0. The lowest BCUT2D eigenvalue weighted by atomic mass is 10.2. The Morgan fingerprint density at radius 2 is 2.15 bits per heavy atom. The van der Waals surface area contributed by atoms with Gasteiger partial charge in [-0.2, -0.15) is 0 Å². The zero-order chi connectivity index (χ0) is 9.84. The largest absolute Gasteiger partial charge is 0.345 e. The van der Waals surface area contributed by atoms with Crippen molar-refractivity contribution in [1.82, 2.24) is 9.80 Å². The van der Waals surface area contributed by atoms with Crippen molar-refractivity contribution in [2.24, 2.45) is 0 Å². The van der Waals surface area contributed by atoms with Crippen molar-refractivity contribution in [2.75, 3.05) is 26.7 Å². The molecule has 0 saturated carbocycles. The smallest absolute Gasteiger partial charge is 0.236 e. The Kier molecular flexibility index (Phi) is 3.72. The number of amides is 1. The summed E-state index contributed by atoms with van der Waals surface area (Å²) in [6.45, 7) is 6.94. The van der Waals surface area contributed by atoms with Crippen LogP contribution in [0, 0.1) is 0 Å². The number of nitrogens with zero attached hydrogens (tertiary/aromatic N) is 2. The van der Waals surface area contributed by atoms with Crippen molar-refractivity contribution in [3.05, 3.63) is 0 Å². The van der Waals surface area contributed by atoms with Crippen molar-refractivity contribution < 1.29 is 4.79 Å². The highest BCUT2D eigenvalue weighted by Crippen LogP contribution is 2.08. The predicted octanol–water partition coefficient (Wildman–Crippen LogP) is 0.949. The fourth-order valence-corrected chi connectivity index (χ4v) is 1.64. The van der Waals surface area contributed by atoms with Gasteiger partial charge in [-0.1, -0.05) is 6.92 Å². The zero-order valence-corrected chi connectivity index (χ0v) is 8.92. The van der Waals surface area contributed by atoms with E-state index in [0.29, 0.717) is 12.6 Å². The Morgan fingerprint density at radius 1 is 1.46 bits per heavy atom. The first-order valence-corrected chi connectivity index (χ1v) is 5.13. The fourth-order valence-electron chi connectivity index (χ4n) is 1.64. The van der Waals surface area contributed by atoms with Gasteiger partial charge in [0.2, 0.25) is 5.91 Å². The Balaban J connectivity index is 2.53. The van der Waals surface area contributed by atoms with E-state index in [-0.39, 0.29) is 5.91 Å². The molecule has 0 bridgehead atoms. The Hall–Kier alpha value is -0.570. The van der Waals surface area contributed by atoms with Gasteiger partial charge in [0.25, 0.3) is 0 Å². The molecule has 13 heavy (non-hydrogen) atoms. The van der Waals surface area contributed by atoms with Gasteiger partial charge in [0.05, 0.1) is 6.54 Å². The van der Waals surface area contributed by atoms with Crippen LogP contribution in [0.4, 0.5) is 0 Å². The molecular formula is C10H20N2O. The third-order valence-electron chi connectivity index (χ3n) is 2.92. The van der Waals surface area contributed by atoms with E-state index in [2.05, 4.69) is 18.7 Å². The molecular weight excluding hydrogens is 164 g/mol. The summed E-state index contributed by atoms with van der Waals surface area (Å²) >= 11 is 0. The second-order valence-corrected chi connectivity index (χ2v) is 3.90. The van der Waals surface area contributed by atoms with Crippen molar-refractivity contribution in [1.29, 1.82) is 0 Å². The van der Waals surface area contributed by atoms with Crippen LogP contribution in [-0.4, -0.2) is 48.4 Å². The second-order valence-electron chi connectivity index (χ2n) is 3.90. The topological polar surface area (TPSA) is 23.6 Å². The van der Waals surface area contributed by atoms with Crippen LogP contribution < -0.4 is 0 Å². The maximum Gasteiger partial charge on any atom is 0.236 e. The molecule has 3 nitrogen and oxygen atoms in total. The van der Waals surface area contributed by atoms with E-state index in [4.69, 9.17) is 0 Å². The minimum absolute atomic E-state index is 0.262. The summed E-state index contributed by atoms with van der Waals surface area (Å²) in [6, 6.07) is 0.537. The Morgan fingerprint density at radius 3 is 2.77 bits per heavy atom. The molecule has 0 aromatic rings. The van der Waals surface area contributed by atoms with Gasteiger partial charge in [0, 0.05) is 26.2 Å². The molecule has 1 fully saturated rings. The third kappa shape index (κ3) is 2.69. The minimum Gasteiger partial charge on any atom is -0.345 e. The van der Waals surface area contributed by atoms with Crippen LogP contribution in [0.2, 0.25) is 0 Å². The monoisotopic (exact) mass is 184 g/mol. The molecule has 1 rings (SSSR count). The van der Waals surface area contributed by atoms with Gasteiger partial charge in [-0.25, -0.2) is 0 Å². The molecule has 3 heteroatoms. The quantitative estimate of drug-likeness (QED) is 0.638. The molecule has 0 N–H and O–H groups in total. The molecule has 1 unspecified atom stereocenters. The molecule has 0 aromatic carbocycles. The van der Waals surface area contributed by atoms with Crippen molar-refractivity contribution in [3.8, 4) is 0 Å². The number of rotatable bonds is 2. The number of carbonyl (C=O) groups excluding carboxylic acids is 1. The first kappa shape index (κ1) is 10.5. The molecule has 0 aliphatic carbocycles. The van der Waals surface area contributed by atoms with E-state index < -0.39 is 0 Å². The van der Waals surface area contributed by atoms with E-state index >= 15 is 0 Å². The van der Waals surface area contributed by atoms with Crippen LogP contribution in [0.5, 0.6) is 0 Å². The second kappa shape index (κ2) is 4.61. The SMILES string of the molecule is CCC(C)N1CCCN(C)C(=O)C1. The van der Waals surface area contributed by atoms with Crippen LogP contribution in [0.25, 0.3) is 0 Å². The lowest BCUT2D eigenvalue weighted by Gasteiger charge is -2.25. The first-order chi connectivity index (χ1) is 6.15. The highest BCUT2D eigenvalue weighted by Gasteiger charge is 2.21. The summed E-state index contributed by atoms with van der Waals surface area (Å²) in [5, 5.41) is 0. The molecule has 1 heterocycles. The molecule has 1 atom stereocenters. The average Bonchev–Trinajstić information content (AvgIpc) is 2.28. The summed E-state index contributed by atoms with van der Waals surface area (Å²) in [4.78, 5) is 15.6. The highest BCUT2D eigenvalue weighted by atomic mass is 16.2. The molecule has 76 valence electrons. The molecule has 0 aromatic heterocycles. The van der Waals surface area contributed by atoms with E-state index in [1.807, 2.05) is 11.9 Å². The molecule has 1 amide bonds. The average molecular weight is 184 g/mol. The summed E-state index contributed by atoms with van der Waals surface area (Å²) in [7, 11) is 1.89. The number of likely N-dealkylation sites (N-methyl/N-ethyl adjacent to an activating group) is 1. The van der Waals surface area contributed by atoms with Crippen LogP contribution in [-0.2, 0) is 4.79 Å². The fraction of sp³-hybridized carbons (Fsp3) is 0.900. The van der Waals surface area contributed by atoms with Gasteiger partial charge in [0.1, 0.15) is 0 Å². The molecule has 1 aliphatic heterocycles. The van der Waals surface area contributed by atoms with Gasteiger partial charge in [-0.05, 0) is 19.8 Å². The van der Waals surface area contributed by atoms with Crippen LogP contribution in [0.3, 0.4) is 0 Å². The maximum atomic E-state index is 11.5. The molecule has 1 saturated heterocycles. The number of carbonyl (C=O) groups is 1. The third-order valence-corrected chi connectivity index (χ3v) is 2.92. The lowest BCUT2D eigenvalue weighted by molar-refractivity contribution is -0.130. The molecule has 1 aliphatic rings. The summed E-state index contributed by atoms with van der Waals surface area (Å²) < 4.78 is 0. The molecule has 0 radical (unpaired) electrons. The first-order valence-electron chi connectivity index (χ1n) is 5.13. The van der Waals surface area contributed by atoms with Crippen molar-refractivity contribution >= 4 is 5.91 Å². The van der Waals surface area contributed by atoms with E-state index in [1.165, 1.54) is 0 Å². The van der Waals surface area contributed by atoms with Gasteiger partial charge >= 0.3 is 0 Å². The van der Waals surface area contributed by atoms with Crippen LogP contribution in [0.1, 0.15) is 26.7 Å². The number of hydrogen-bond donors (Lipinski definition) is 0. The van der Waals surface area contributed by atoms with Gasteiger partial charge in [-0.15, -0.1) is 0 Å². The minimum atomic E-state index is 0.262. The summed E-state index contributed by atoms with van der Waals surface area (Å²) in [6.07, 6.45) is 2.23. The number of hydrogen-bond acceptors (Lipinski definition) is 2. The normalized spacial score (nSPS) is 23.0. The van der Waals surface area contributed by atoms with Gasteiger partial charge < -0.3 is 4.90 Å². The predicted molar refractivity (Wildman–Crippen MR) is 53.6 cm³/mol. The highest BCUT2D eigenvalue weighted by molar-refractivity contribution is 5.78. The molecule has 0 spiro atoms. The van der Waals surface area contributed by atoms with Crippen LogP contribution >= 0.6 is 0 Å². The van der Waals surface area contributed by atoms with E-state index in [1.54, 1.807) is 0 Å². The zero-order valence-electron chi connectivity index (χ0n) is 8.92. The van der Waals surface area contributed by atoms with Gasteiger partial charge in [0.15, 0.2) is 0 Å². The lowest BCUT2D eigenvalue weighted by Crippen LogP contribution is -2.38. The van der Waals surface area contributed by atoms with Crippen molar-refractivity contribution in [3.63, 3.8) is 0 Å². The van der Waals surface area contributed by atoms with Gasteiger partial charge in [-0.3, -0.25) is 9.69 Å². The Labute approximate surface area is 80.7 Å². The maximum absolute atomic E-state index is 11.5. The van der Waals surface area contributed by atoms with E-state index in [0.717, 1.165) is 25.9 Å². The Bertz CT molecular complexity index is 182.